The molecule has 0 spiro atoms. The number of carbonyl (C=O) groups is 5. The number of benzene rings is 1. The number of aliphatic carboxylic acids is 1. The number of nitrogens with two attached hydrogens (primary N) is 2. The van der Waals surface area contributed by atoms with E-state index in [2.05, 4.69) is 5.32 Å². The van der Waals surface area contributed by atoms with Crippen LogP contribution in [0.3, 0.4) is 0 Å². The average Bonchev–Trinajstić information content (AvgIpc) is 2.69. The molecule has 0 radical (unpaired) electrons. The zero-order valence-electron chi connectivity index (χ0n) is 16.8. The monoisotopic (exact) mass is 455 g/mol. The van der Waals surface area contributed by atoms with Gasteiger partial charge in [0.1, 0.15) is 12.6 Å². The third kappa shape index (κ3) is 7.23. The molecule has 1 aliphatic heterocycles. The van der Waals surface area contributed by atoms with Crippen molar-refractivity contribution in [3.8, 4) is 0 Å². The lowest BCUT2D eigenvalue weighted by Crippen LogP contribution is -2.61. The smallest absolute Gasteiger partial charge is 0.323 e. The van der Waals surface area contributed by atoms with E-state index in [1.807, 2.05) is 0 Å². The number of piperazine rings is 1. The van der Waals surface area contributed by atoms with Crippen molar-refractivity contribution in [1.29, 1.82) is 0 Å². The van der Waals surface area contributed by atoms with Gasteiger partial charge in [-0.2, -0.15) is 0 Å². The van der Waals surface area contributed by atoms with Crippen molar-refractivity contribution in [3.63, 3.8) is 0 Å². The number of carboxylic acids is 1. The fourth-order valence-electron chi connectivity index (χ4n) is 3.19. The van der Waals surface area contributed by atoms with E-state index in [0.717, 1.165) is 15.4 Å². The molecule has 0 aliphatic carbocycles. The Morgan fingerprint density at radius 1 is 1.13 bits per heavy atom. The van der Waals surface area contributed by atoms with E-state index >= 15 is 0 Å². The summed E-state index contributed by atoms with van der Waals surface area (Å²) in [5.74, 6) is -3.71. The molecule has 1 aromatic rings. The molecule has 1 fully saturated rings. The highest BCUT2D eigenvalue weighted by atomic mass is 35.5. The summed E-state index contributed by atoms with van der Waals surface area (Å²) in [7, 11) is 0. The van der Waals surface area contributed by atoms with Crippen LogP contribution in [0.5, 0.6) is 0 Å². The standard InChI is InChI=1S/C19H25N5O6.ClH/c20-6-5-12-1-3-13(4-2-12)18(29)22-10-16(26)24-8-7-23(11-17(27)28)19(30)14(24)9-15(21)25;/h1-4,14H,5-11,20H2,(H2,21,25)(H,22,29)(H,27,28);1H/t14-;/m0./s1. The van der Waals surface area contributed by atoms with Crippen LogP contribution in [0.1, 0.15) is 22.3 Å². The first kappa shape index (κ1) is 25.9. The van der Waals surface area contributed by atoms with Crippen LogP contribution in [0, 0.1) is 0 Å². The van der Waals surface area contributed by atoms with Crippen LogP contribution in [0.15, 0.2) is 24.3 Å². The predicted molar refractivity (Wildman–Crippen MR) is 112 cm³/mol. The number of carbonyl (C=O) groups excluding carboxylic acids is 4. The molecule has 0 aromatic heterocycles. The number of nitrogens with one attached hydrogen (secondary N) is 1. The highest BCUT2D eigenvalue weighted by Gasteiger charge is 2.38. The predicted octanol–water partition coefficient (Wildman–Crippen LogP) is -1.66. The second-order valence-electron chi connectivity index (χ2n) is 6.85. The maximum absolute atomic E-state index is 12.6. The maximum Gasteiger partial charge on any atom is 0.323 e. The molecule has 1 saturated heterocycles. The molecule has 31 heavy (non-hydrogen) atoms. The molecule has 170 valence electrons. The summed E-state index contributed by atoms with van der Waals surface area (Å²) >= 11 is 0. The Balaban J connectivity index is 0.00000480. The lowest BCUT2D eigenvalue weighted by Gasteiger charge is -2.39. The lowest BCUT2D eigenvalue weighted by molar-refractivity contribution is -0.155. The fraction of sp³-hybridized carbons (Fsp3) is 0.421. The lowest BCUT2D eigenvalue weighted by atomic mass is 10.1. The summed E-state index contributed by atoms with van der Waals surface area (Å²) in [4.78, 5) is 61.9. The number of halogens is 1. The van der Waals surface area contributed by atoms with Crippen molar-refractivity contribution in [2.75, 3.05) is 32.7 Å². The van der Waals surface area contributed by atoms with Gasteiger partial charge in [0.05, 0.1) is 13.0 Å². The van der Waals surface area contributed by atoms with Gasteiger partial charge in [-0.25, -0.2) is 0 Å². The van der Waals surface area contributed by atoms with Gasteiger partial charge < -0.3 is 31.7 Å². The second-order valence-corrected chi connectivity index (χ2v) is 6.85. The van der Waals surface area contributed by atoms with Gasteiger partial charge in [-0.15, -0.1) is 12.4 Å². The van der Waals surface area contributed by atoms with Gasteiger partial charge in [-0.05, 0) is 30.7 Å². The summed E-state index contributed by atoms with van der Waals surface area (Å²) in [5.41, 5.74) is 12.0. The Bertz CT molecular complexity index is 832. The molecule has 1 heterocycles. The van der Waals surface area contributed by atoms with Crippen molar-refractivity contribution in [2.45, 2.75) is 18.9 Å². The normalized spacial score (nSPS) is 15.8. The topological polar surface area (TPSA) is 176 Å². The van der Waals surface area contributed by atoms with Crippen molar-refractivity contribution in [3.05, 3.63) is 35.4 Å². The van der Waals surface area contributed by atoms with E-state index in [1.165, 1.54) is 0 Å². The van der Waals surface area contributed by atoms with Crippen LogP contribution in [-0.2, 0) is 25.6 Å². The summed E-state index contributed by atoms with van der Waals surface area (Å²) < 4.78 is 0. The van der Waals surface area contributed by atoms with Gasteiger partial charge in [-0.3, -0.25) is 24.0 Å². The first-order valence-corrected chi connectivity index (χ1v) is 9.38. The van der Waals surface area contributed by atoms with E-state index in [4.69, 9.17) is 16.6 Å². The van der Waals surface area contributed by atoms with Crippen LogP contribution in [-0.4, -0.2) is 83.3 Å². The van der Waals surface area contributed by atoms with Crippen molar-refractivity contribution in [1.82, 2.24) is 15.1 Å². The highest BCUT2D eigenvalue weighted by molar-refractivity contribution is 5.98. The maximum atomic E-state index is 12.6. The van der Waals surface area contributed by atoms with E-state index < -0.39 is 48.6 Å². The van der Waals surface area contributed by atoms with E-state index in [9.17, 15) is 24.0 Å². The first-order valence-electron chi connectivity index (χ1n) is 9.38. The Morgan fingerprint density at radius 2 is 1.77 bits per heavy atom. The number of hydrogen-bond donors (Lipinski definition) is 4. The van der Waals surface area contributed by atoms with Crippen LogP contribution in [0.2, 0.25) is 0 Å². The number of rotatable bonds is 9. The molecule has 1 aromatic carbocycles. The summed E-state index contributed by atoms with van der Waals surface area (Å²) in [5, 5.41) is 11.4. The molecule has 0 bridgehead atoms. The van der Waals surface area contributed by atoms with Gasteiger partial charge >= 0.3 is 5.97 Å². The van der Waals surface area contributed by atoms with Crippen LogP contribution in [0.4, 0.5) is 0 Å². The summed E-state index contributed by atoms with van der Waals surface area (Å²) in [6.45, 7) is -0.398. The van der Waals surface area contributed by atoms with Gasteiger partial charge in [-0.1, -0.05) is 12.1 Å². The molecule has 6 N–H and O–H groups in total. The molecule has 0 unspecified atom stereocenters. The van der Waals surface area contributed by atoms with Gasteiger partial charge in [0.25, 0.3) is 5.91 Å². The number of carboxylic acid groups (broad SMARTS) is 1. The van der Waals surface area contributed by atoms with E-state index in [0.29, 0.717) is 18.5 Å². The third-order valence-corrected chi connectivity index (χ3v) is 4.67. The Hall–Kier alpha value is -3.18. The zero-order valence-corrected chi connectivity index (χ0v) is 17.6. The zero-order chi connectivity index (χ0) is 22.3. The SMILES string of the molecule is Cl.NCCc1ccc(C(=O)NCC(=O)N2CCN(CC(=O)O)C(=O)[C@@H]2CC(N)=O)cc1. The number of hydrogen-bond acceptors (Lipinski definition) is 6. The molecule has 12 heteroatoms. The molecule has 2 rings (SSSR count). The van der Waals surface area contributed by atoms with E-state index in [1.54, 1.807) is 24.3 Å². The minimum absolute atomic E-state index is 0. The number of primary amides is 1. The molecule has 1 atom stereocenters. The molecular formula is C19H26ClN5O6. The second kappa shape index (κ2) is 11.9. The first-order chi connectivity index (χ1) is 14.2. The minimum Gasteiger partial charge on any atom is -0.480 e. The molecule has 0 saturated carbocycles. The van der Waals surface area contributed by atoms with Gasteiger partial charge in [0, 0.05) is 18.7 Å². The van der Waals surface area contributed by atoms with Crippen molar-refractivity contribution in [2.24, 2.45) is 11.5 Å². The number of amides is 4. The third-order valence-electron chi connectivity index (χ3n) is 4.67. The quantitative estimate of drug-likeness (QED) is 0.344. The van der Waals surface area contributed by atoms with Crippen LogP contribution >= 0.6 is 12.4 Å². The molecule has 1 aliphatic rings. The largest absolute Gasteiger partial charge is 0.480 e. The molecular weight excluding hydrogens is 430 g/mol. The van der Waals surface area contributed by atoms with Crippen LogP contribution < -0.4 is 16.8 Å². The fourth-order valence-corrected chi connectivity index (χ4v) is 3.19. The van der Waals surface area contributed by atoms with Gasteiger partial charge in [0.2, 0.25) is 17.7 Å². The summed E-state index contributed by atoms with van der Waals surface area (Å²) in [6.07, 6.45) is 0.251. The average molecular weight is 456 g/mol. The Morgan fingerprint density at radius 3 is 2.32 bits per heavy atom. The van der Waals surface area contributed by atoms with Crippen molar-refractivity contribution >= 4 is 42.0 Å². The summed E-state index contributed by atoms with van der Waals surface area (Å²) in [6, 6.07) is 5.58. The van der Waals surface area contributed by atoms with Crippen molar-refractivity contribution < 1.29 is 29.1 Å². The number of nitrogens with zero attached hydrogens (tertiary/aromatic N) is 2. The van der Waals surface area contributed by atoms with Gasteiger partial charge in [0.15, 0.2) is 0 Å². The molecule has 4 amide bonds. The van der Waals surface area contributed by atoms with E-state index in [-0.39, 0.29) is 32.0 Å². The Labute approximate surface area is 185 Å². The Kier molecular flexibility index (Phi) is 9.90. The minimum atomic E-state index is -1.20. The molecule has 11 nitrogen and oxygen atoms in total. The highest BCUT2D eigenvalue weighted by Crippen LogP contribution is 2.15. The van der Waals surface area contributed by atoms with Crippen LogP contribution in [0.25, 0.3) is 0 Å².